The minimum Gasteiger partial charge on any atom is -0.417 e. The number of anilines is 1. The average molecular weight is 505 g/mol. The number of carbonyl (C=O) groups is 3. The predicted molar refractivity (Wildman–Crippen MR) is 106 cm³/mol. The Hall–Kier alpha value is -3.84. The number of aromatic nitrogens is 1. The van der Waals surface area contributed by atoms with E-state index in [1.165, 1.54) is 26.2 Å². The maximum atomic E-state index is 13.2. The third-order valence-electron chi connectivity index (χ3n) is 5.13. The number of nitrogens with zero attached hydrogens (tertiary/aromatic N) is 3. The molecule has 2 aromatic rings. The van der Waals surface area contributed by atoms with E-state index < -0.39 is 53.2 Å². The molecule has 188 valence electrons. The Morgan fingerprint density at radius 2 is 1.74 bits per heavy atom. The van der Waals surface area contributed by atoms with Crippen molar-refractivity contribution in [3.63, 3.8) is 0 Å². The van der Waals surface area contributed by atoms with Crippen LogP contribution < -0.4 is 14.4 Å². The fourth-order valence-corrected chi connectivity index (χ4v) is 3.28. The number of rotatable bonds is 5. The fourth-order valence-electron chi connectivity index (χ4n) is 3.28. The standard InChI is InChI=1S/C21H17F6N3O5/c1-11-9-28-7-6-12(11)10-29-18(33)30(16(31)19(29,2)3)14-5-4-13(35-21(25,26)27)8-15(14)34-17(32)20(22,23)24/h4-9H,10H2,1-3H3. The molecule has 0 aliphatic carbocycles. The van der Waals surface area contributed by atoms with Crippen LogP contribution in [0.3, 0.4) is 0 Å². The number of aryl methyl sites for hydroxylation is 1. The van der Waals surface area contributed by atoms with Gasteiger partial charge in [-0.15, -0.1) is 13.2 Å². The van der Waals surface area contributed by atoms with Crippen molar-refractivity contribution in [2.75, 3.05) is 4.90 Å². The number of alkyl halides is 6. The van der Waals surface area contributed by atoms with Crippen molar-refractivity contribution in [2.45, 2.75) is 45.4 Å². The maximum Gasteiger partial charge on any atom is 0.573 e. The molecule has 2 heterocycles. The van der Waals surface area contributed by atoms with Crippen LogP contribution in [0, 0.1) is 6.92 Å². The Morgan fingerprint density at radius 3 is 2.31 bits per heavy atom. The molecular weight excluding hydrogens is 488 g/mol. The van der Waals surface area contributed by atoms with E-state index in [2.05, 4.69) is 14.5 Å². The lowest BCUT2D eigenvalue weighted by atomic mass is 10.0. The molecule has 1 saturated heterocycles. The van der Waals surface area contributed by atoms with E-state index in [-0.39, 0.29) is 6.54 Å². The number of imide groups is 1. The molecule has 3 rings (SSSR count). The van der Waals surface area contributed by atoms with Crippen LogP contribution in [0.2, 0.25) is 0 Å². The lowest BCUT2D eigenvalue weighted by Crippen LogP contribution is -2.43. The summed E-state index contributed by atoms with van der Waals surface area (Å²) in [7, 11) is 0. The summed E-state index contributed by atoms with van der Waals surface area (Å²) in [6, 6.07) is 2.32. The Morgan fingerprint density at radius 1 is 1.09 bits per heavy atom. The van der Waals surface area contributed by atoms with E-state index in [0.717, 1.165) is 4.90 Å². The number of benzene rings is 1. The van der Waals surface area contributed by atoms with Gasteiger partial charge in [-0.2, -0.15) is 13.2 Å². The van der Waals surface area contributed by atoms with Crippen LogP contribution in [0.25, 0.3) is 0 Å². The van der Waals surface area contributed by atoms with Crippen molar-refractivity contribution < 1.29 is 50.2 Å². The van der Waals surface area contributed by atoms with E-state index in [9.17, 15) is 40.7 Å². The van der Waals surface area contributed by atoms with Gasteiger partial charge >= 0.3 is 24.5 Å². The molecule has 0 saturated carbocycles. The number of ether oxygens (including phenoxy) is 2. The fraction of sp³-hybridized carbons (Fsp3) is 0.333. The first-order valence-corrected chi connectivity index (χ1v) is 9.77. The van der Waals surface area contributed by atoms with Crippen LogP contribution in [0.1, 0.15) is 25.0 Å². The van der Waals surface area contributed by atoms with Crippen LogP contribution in [0.4, 0.5) is 36.8 Å². The largest absolute Gasteiger partial charge is 0.573 e. The molecule has 0 bridgehead atoms. The lowest BCUT2D eigenvalue weighted by Gasteiger charge is -2.28. The van der Waals surface area contributed by atoms with E-state index in [1.54, 1.807) is 13.0 Å². The molecular formula is C21H17F6N3O5. The highest BCUT2D eigenvalue weighted by atomic mass is 19.4. The predicted octanol–water partition coefficient (Wildman–Crippen LogP) is 4.50. The Labute approximate surface area is 194 Å². The number of amides is 3. The van der Waals surface area contributed by atoms with E-state index in [1.807, 2.05) is 0 Å². The lowest BCUT2D eigenvalue weighted by molar-refractivity contribution is -0.274. The van der Waals surface area contributed by atoms with Crippen LogP contribution in [-0.4, -0.2) is 45.9 Å². The van der Waals surface area contributed by atoms with E-state index in [0.29, 0.717) is 34.2 Å². The molecule has 1 fully saturated rings. The number of carbonyl (C=O) groups excluding carboxylic acids is 3. The molecule has 1 aromatic heterocycles. The smallest absolute Gasteiger partial charge is 0.417 e. The number of halogens is 6. The molecule has 8 nitrogen and oxygen atoms in total. The first-order chi connectivity index (χ1) is 16.0. The first-order valence-electron chi connectivity index (χ1n) is 9.77. The second kappa shape index (κ2) is 8.74. The van der Waals surface area contributed by atoms with E-state index in [4.69, 9.17) is 0 Å². The van der Waals surface area contributed by atoms with Crippen LogP contribution >= 0.6 is 0 Å². The van der Waals surface area contributed by atoms with Crippen molar-refractivity contribution >= 4 is 23.6 Å². The third kappa shape index (κ3) is 5.30. The molecule has 0 unspecified atom stereocenters. The van der Waals surface area contributed by atoms with Gasteiger partial charge in [0.05, 0.1) is 5.69 Å². The SMILES string of the molecule is Cc1cnccc1CN1C(=O)N(c2ccc(OC(F)(F)F)cc2OC(=O)C(F)(F)F)C(=O)C1(C)C. The quantitative estimate of drug-likeness (QED) is 0.257. The van der Waals surface area contributed by atoms with Crippen LogP contribution in [0.5, 0.6) is 11.5 Å². The molecule has 1 aliphatic rings. The van der Waals surface area contributed by atoms with Gasteiger partial charge in [0.25, 0.3) is 5.91 Å². The normalized spacial score (nSPS) is 16.0. The van der Waals surface area contributed by atoms with Crippen molar-refractivity contribution in [2.24, 2.45) is 0 Å². The van der Waals surface area contributed by atoms with Gasteiger partial charge in [-0.3, -0.25) is 9.78 Å². The van der Waals surface area contributed by atoms with Gasteiger partial charge in [-0.05, 0) is 50.1 Å². The summed E-state index contributed by atoms with van der Waals surface area (Å²) in [5, 5.41) is 0. The molecule has 14 heteroatoms. The highest BCUT2D eigenvalue weighted by molar-refractivity contribution is 6.23. The van der Waals surface area contributed by atoms with Gasteiger partial charge < -0.3 is 14.4 Å². The zero-order valence-electron chi connectivity index (χ0n) is 18.3. The van der Waals surface area contributed by atoms with E-state index >= 15 is 0 Å². The van der Waals surface area contributed by atoms with Gasteiger partial charge in [0, 0.05) is 25.0 Å². The van der Waals surface area contributed by atoms with Gasteiger partial charge in [-0.1, -0.05) is 0 Å². The van der Waals surface area contributed by atoms with Gasteiger partial charge in [-0.25, -0.2) is 14.5 Å². The molecule has 3 amide bonds. The average Bonchev–Trinajstić information content (AvgIpc) is 2.88. The van der Waals surface area contributed by atoms with Crippen molar-refractivity contribution in [1.29, 1.82) is 0 Å². The van der Waals surface area contributed by atoms with Gasteiger partial charge in [0.15, 0.2) is 5.75 Å². The number of urea groups is 1. The van der Waals surface area contributed by atoms with Gasteiger partial charge in [0.2, 0.25) is 0 Å². The van der Waals surface area contributed by atoms with Crippen molar-refractivity contribution in [3.8, 4) is 11.5 Å². The number of hydrogen-bond acceptors (Lipinski definition) is 6. The van der Waals surface area contributed by atoms with Gasteiger partial charge in [0.1, 0.15) is 11.3 Å². The summed E-state index contributed by atoms with van der Waals surface area (Å²) >= 11 is 0. The van der Waals surface area contributed by atoms with Crippen LogP contribution in [0.15, 0.2) is 36.7 Å². The summed E-state index contributed by atoms with van der Waals surface area (Å²) in [4.78, 5) is 43.3. The van der Waals surface area contributed by atoms with Crippen molar-refractivity contribution in [1.82, 2.24) is 9.88 Å². The zero-order valence-corrected chi connectivity index (χ0v) is 18.3. The second-order valence-corrected chi connectivity index (χ2v) is 7.94. The second-order valence-electron chi connectivity index (χ2n) is 7.94. The minimum atomic E-state index is -5.51. The molecule has 1 aromatic carbocycles. The Kier molecular flexibility index (Phi) is 6.44. The minimum absolute atomic E-state index is 0.0879. The topological polar surface area (TPSA) is 89.0 Å². The maximum absolute atomic E-state index is 13.2. The highest BCUT2D eigenvalue weighted by Gasteiger charge is 2.53. The molecule has 0 atom stereocenters. The Balaban J connectivity index is 2.06. The number of pyridine rings is 1. The monoisotopic (exact) mass is 505 g/mol. The summed E-state index contributed by atoms with van der Waals surface area (Å²) in [5.74, 6) is -5.85. The van der Waals surface area contributed by atoms with Crippen molar-refractivity contribution in [3.05, 3.63) is 47.8 Å². The summed E-state index contributed by atoms with van der Waals surface area (Å²) in [6.07, 6.45) is -7.74. The molecule has 35 heavy (non-hydrogen) atoms. The summed E-state index contributed by atoms with van der Waals surface area (Å²) in [5.41, 5.74) is -0.877. The summed E-state index contributed by atoms with van der Waals surface area (Å²) in [6.45, 7) is 4.39. The first kappa shape index (κ1) is 25.8. The van der Waals surface area contributed by atoms with Crippen LogP contribution in [-0.2, 0) is 16.1 Å². The number of esters is 1. The molecule has 0 radical (unpaired) electrons. The molecule has 0 spiro atoms. The zero-order chi connectivity index (χ0) is 26.3. The Bertz CT molecular complexity index is 1180. The number of hydrogen-bond donors (Lipinski definition) is 0. The molecule has 0 N–H and O–H groups in total. The summed E-state index contributed by atoms with van der Waals surface area (Å²) < 4.78 is 84.1. The highest BCUT2D eigenvalue weighted by Crippen LogP contribution is 2.41. The third-order valence-corrected chi connectivity index (χ3v) is 5.13. The molecule has 1 aliphatic heterocycles.